The molecule has 1 saturated carbocycles. The molecule has 20 heavy (non-hydrogen) atoms. The normalized spacial score (nSPS) is 19.1. The van der Waals surface area contributed by atoms with E-state index in [1.807, 2.05) is 6.07 Å². The van der Waals surface area contributed by atoms with Gasteiger partial charge >= 0.3 is 0 Å². The van der Waals surface area contributed by atoms with Crippen molar-refractivity contribution in [1.29, 1.82) is 0 Å². The maximum atomic E-state index is 12.2. The van der Waals surface area contributed by atoms with Gasteiger partial charge in [0.2, 0.25) is 5.91 Å². The quantitative estimate of drug-likeness (QED) is 0.899. The standard InChI is InChI=1S/C16H20N2O2/c1-18-9-8-12-10-13(4-7-15(12)18)17-16(20)11-2-5-14(19)6-3-11/h4,7,10-11H,2-3,5-6,8-9H2,1H3,(H,17,20). The Labute approximate surface area is 119 Å². The van der Waals surface area contributed by atoms with Crippen molar-refractivity contribution < 1.29 is 9.59 Å². The molecule has 4 heteroatoms. The zero-order valence-electron chi connectivity index (χ0n) is 11.8. The van der Waals surface area contributed by atoms with Crippen molar-refractivity contribution in [2.24, 2.45) is 5.92 Å². The molecular weight excluding hydrogens is 252 g/mol. The third-order valence-corrected chi connectivity index (χ3v) is 4.39. The summed E-state index contributed by atoms with van der Waals surface area (Å²) < 4.78 is 0. The van der Waals surface area contributed by atoms with E-state index < -0.39 is 0 Å². The fourth-order valence-electron chi connectivity index (χ4n) is 3.09. The van der Waals surface area contributed by atoms with Crippen LogP contribution in [0.4, 0.5) is 11.4 Å². The van der Waals surface area contributed by atoms with Crippen molar-refractivity contribution in [3.05, 3.63) is 23.8 Å². The van der Waals surface area contributed by atoms with Gasteiger partial charge in [0.1, 0.15) is 5.78 Å². The molecular formula is C16H20N2O2. The van der Waals surface area contributed by atoms with Crippen LogP contribution in [0, 0.1) is 5.92 Å². The van der Waals surface area contributed by atoms with E-state index in [9.17, 15) is 9.59 Å². The molecule has 106 valence electrons. The lowest BCUT2D eigenvalue weighted by Crippen LogP contribution is -2.27. The van der Waals surface area contributed by atoms with E-state index >= 15 is 0 Å². The van der Waals surface area contributed by atoms with Crippen LogP contribution in [-0.2, 0) is 16.0 Å². The maximum absolute atomic E-state index is 12.2. The number of hydrogen-bond acceptors (Lipinski definition) is 3. The number of rotatable bonds is 2. The Morgan fingerprint density at radius 3 is 2.75 bits per heavy atom. The molecule has 4 nitrogen and oxygen atoms in total. The zero-order chi connectivity index (χ0) is 14.1. The number of anilines is 2. The first-order chi connectivity index (χ1) is 9.63. The van der Waals surface area contributed by atoms with Gasteiger partial charge in [0.05, 0.1) is 0 Å². The Morgan fingerprint density at radius 2 is 2.00 bits per heavy atom. The second-order valence-electron chi connectivity index (χ2n) is 5.82. The topological polar surface area (TPSA) is 49.4 Å². The molecule has 1 heterocycles. The molecule has 0 aromatic heterocycles. The molecule has 1 aromatic carbocycles. The molecule has 0 unspecified atom stereocenters. The van der Waals surface area contributed by atoms with Gasteiger partial charge in [0.15, 0.2) is 0 Å². The highest BCUT2D eigenvalue weighted by Crippen LogP contribution is 2.30. The van der Waals surface area contributed by atoms with Crippen LogP contribution < -0.4 is 10.2 Å². The molecule has 1 N–H and O–H groups in total. The lowest BCUT2D eigenvalue weighted by atomic mass is 9.88. The SMILES string of the molecule is CN1CCc2cc(NC(=O)C3CCC(=O)CC3)ccc21. The summed E-state index contributed by atoms with van der Waals surface area (Å²) in [5.74, 6) is 0.335. The van der Waals surface area contributed by atoms with Crippen LogP contribution >= 0.6 is 0 Å². The highest BCUT2D eigenvalue weighted by atomic mass is 16.2. The van der Waals surface area contributed by atoms with Gasteiger partial charge in [0, 0.05) is 43.7 Å². The monoisotopic (exact) mass is 272 g/mol. The zero-order valence-corrected chi connectivity index (χ0v) is 11.8. The number of nitrogens with zero attached hydrogens (tertiary/aromatic N) is 1. The molecule has 1 amide bonds. The third-order valence-electron chi connectivity index (χ3n) is 4.39. The summed E-state index contributed by atoms with van der Waals surface area (Å²) in [4.78, 5) is 25.6. The molecule has 1 fully saturated rings. The van der Waals surface area contributed by atoms with E-state index in [1.165, 1.54) is 11.3 Å². The smallest absolute Gasteiger partial charge is 0.227 e. The predicted octanol–water partition coefficient (Wildman–Crippen LogP) is 2.38. The number of hydrogen-bond donors (Lipinski definition) is 1. The van der Waals surface area contributed by atoms with Gasteiger partial charge in [-0.05, 0) is 43.0 Å². The minimum atomic E-state index is -0.0105. The molecule has 0 atom stereocenters. The van der Waals surface area contributed by atoms with Crippen molar-refractivity contribution in [1.82, 2.24) is 0 Å². The van der Waals surface area contributed by atoms with E-state index in [1.54, 1.807) is 0 Å². The van der Waals surface area contributed by atoms with E-state index in [4.69, 9.17) is 0 Å². The number of fused-ring (bicyclic) bond motifs is 1. The number of carbonyl (C=O) groups is 2. The first-order valence-corrected chi connectivity index (χ1v) is 7.30. The van der Waals surface area contributed by atoms with Gasteiger partial charge in [-0.2, -0.15) is 0 Å². The van der Waals surface area contributed by atoms with Gasteiger partial charge in [0.25, 0.3) is 0 Å². The average molecular weight is 272 g/mol. The van der Waals surface area contributed by atoms with Gasteiger partial charge in [-0.15, -0.1) is 0 Å². The van der Waals surface area contributed by atoms with Crippen LogP contribution in [0.15, 0.2) is 18.2 Å². The fraction of sp³-hybridized carbons (Fsp3) is 0.500. The minimum Gasteiger partial charge on any atom is -0.374 e. The number of nitrogens with one attached hydrogen (secondary N) is 1. The third kappa shape index (κ3) is 2.55. The lowest BCUT2D eigenvalue weighted by molar-refractivity contribution is -0.125. The number of amides is 1. The van der Waals surface area contributed by atoms with Crippen LogP contribution in [0.1, 0.15) is 31.2 Å². The second-order valence-corrected chi connectivity index (χ2v) is 5.82. The van der Waals surface area contributed by atoms with E-state index in [0.29, 0.717) is 25.7 Å². The van der Waals surface area contributed by atoms with Gasteiger partial charge in [-0.1, -0.05) is 0 Å². The summed E-state index contributed by atoms with van der Waals surface area (Å²) in [6.45, 7) is 1.04. The van der Waals surface area contributed by atoms with Crippen molar-refractivity contribution in [3.8, 4) is 0 Å². The first kappa shape index (κ1) is 13.2. The van der Waals surface area contributed by atoms with E-state index in [-0.39, 0.29) is 17.6 Å². The van der Waals surface area contributed by atoms with Crippen molar-refractivity contribution >= 4 is 23.1 Å². The second kappa shape index (κ2) is 5.27. The molecule has 0 spiro atoms. The van der Waals surface area contributed by atoms with Gasteiger partial charge in [-0.3, -0.25) is 9.59 Å². The molecule has 0 radical (unpaired) electrons. The van der Waals surface area contributed by atoms with Crippen LogP contribution in [0.5, 0.6) is 0 Å². The lowest BCUT2D eigenvalue weighted by Gasteiger charge is -2.20. The number of Topliss-reactive ketones (excluding diaryl/α,β-unsaturated/α-hetero) is 1. The van der Waals surface area contributed by atoms with Crippen molar-refractivity contribution in [3.63, 3.8) is 0 Å². The predicted molar refractivity (Wildman–Crippen MR) is 79.0 cm³/mol. The Morgan fingerprint density at radius 1 is 1.25 bits per heavy atom. The van der Waals surface area contributed by atoms with Crippen LogP contribution in [0.3, 0.4) is 0 Å². The Bertz CT molecular complexity index is 543. The highest BCUT2D eigenvalue weighted by molar-refractivity contribution is 5.94. The summed E-state index contributed by atoms with van der Waals surface area (Å²) in [6, 6.07) is 6.11. The van der Waals surface area contributed by atoms with Crippen molar-refractivity contribution in [2.45, 2.75) is 32.1 Å². The van der Waals surface area contributed by atoms with Gasteiger partial charge < -0.3 is 10.2 Å². The molecule has 2 aliphatic rings. The molecule has 1 aliphatic carbocycles. The van der Waals surface area contributed by atoms with Crippen molar-refractivity contribution in [2.75, 3.05) is 23.8 Å². The summed E-state index contributed by atoms with van der Waals surface area (Å²) >= 11 is 0. The Balaban J connectivity index is 1.66. The maximum Gasteiger partial charge on any atom is 0.227 e. The van der Waals surface area contributed by atoms with E-state index in [0.717, 1.165) is 18.7 Å². The summed E-state index contributed by atoms with van der Waals surface area (Å²) in [5, 5.41) is 3.00. The largest absolute Gasteiger partial charge is 0.374 e. The average Bonchev–Trinajstić information content (AvgIpc) is 2.81. The number of carbonyl (C=O) groups excluding carboxylic acids is 2. The number of benzene rings is 1. The number of ketones is 1. The first-order valence-electron chi connectivity index (χ1n) is 7.30. The Kier molecular flexibility index (Phi) is 3.47. The molecule has 1 aromatic rings. The summed E-state index contributed by atoms with van der Waals surface area (Å²) in [6.07, 6.45) is 3.52. The van der Waals surface area contributed by atoms with Crippen LogP contribution in [0.2, 0.25) is 0 Å². The summed E-state index contributed by atoms with van der Waals surface area (Å²) in [5.41, 5.74) is 3.43. The molecule has 3 rings (SSSR count). The van der Waals surface area contributed by atoms with Crippen LogP contribution in [0.25, 0.3) is 0 Å². The fourth-order valence-corrected chi connectivity index (χ4v) is 3.09. The van der Waals surface area contributed by atoms with E-state index in [2.05, 4.69) is 29.4 Å². The highest BCUT2D eigenvalue weighted by Gasteiger charge is 2.25. The molecule has 1 aliphatic heterocycles. The summed E-state index contributed by atoms with van der Waals surface area (Å²) in [7, 11) is 2.09. The Hall–Kier alpha value is -1.84. The number of likely N-dealkylation sites (N-methyl/N-ethyl adjacent to an activating group) is 1. The molecule has 0 saturated heterocycles. The van der Waals surface area contributed by atoms with Gasteiger partial charge in [-0.25, -0.2) is 0 Å². The molecule has 0 bridgehead atoms. The minimum absolute atomic E-state index is 0.0105. The van der Waals surface area contributed by atoms with Crippen LogP contribution in [-0.4, -0.2) is 25.3 Å².